The molecule has 0 heterocycles. The maximum Gasteiger partial charge on any atom is 0.324 e. The monoisotopic (exact) mass is 372 g/mol. The van der Waals surface area contributed by atoms with Crippen molar-refractivity contribution < 1.29 is 22.9 Å². The number of hydrogen-bond donors (Lipinski definition) is 1. The van der Waals surface area contributed by atoms with Crippen LogP contribution in [0.4, 0.5) is 5.69 Å². The maximum absolute atomic E-state index is 12.5. The maximum atomic E-state index is 12.5. The van der Waals surface area contributed by atoms with Gasteiger partial charge in [0.15, 0.2) is 0 Å². The molecule has 25 heavy (non-hydrogen) atoms. The van der Waals surface area contributed by atoms with E-state index in [1.807, 2.05) is 13.8 Å². The summed E-state index contributed by atoms with van der Waals surface area (Å²) in [7, 11) is -4.02. The van der Waals surface area contributed by atoms with E-state index in [1.54, 1.807) is 20.8 Å². The minimum Gasteiger partial charge on any atom is -0.459 e. The molecule has 0 fully saturated rings. The lowest BCUT2D eigenvalue weighted by molar-refractivity contribution is -0.384. The Morgan fingerprint density at radius 1 is 1.24 bits per heavy atom. The van der Waals surface area contributed by atoms with Crippen LogP contribution in [-0.4, -0.2) is 31.0 Å². The molecular formula is C16H24N2O6S. The lowest BCUT2D eigenvalue weighted by Crippen LogP contribution is -2.44. The van der Waals surface area contributed by atoms with Gasteiger partial charge in [-0.2, -0.15) is 4.72 Å². The molecule has 0 aromatic heterocycles. The van der Waals surface area contributed by atoms with E-state index in [0.717, 1.165) is 24.3 Å². The largest absolute Gasteiger partial charge is 0.459 e. The number of hydrogen-bond acceptors (Lipinski definition) is 6. The summed E-state index contributed by atoms with van der Waals surface area (Å²) in [6.07, 6.45) is 0.265. The molecule has 1 atom stereocenters. The quantitative estimate of drug-likeness (QED) is 0.447. The van der Waals surface area contributed by atoms with Crippen LogP contribution in [-0.2, 0) is 19.6 Å². The number of carbonyl (C=O) groups excluding carboxylic acids is 1. The van der Waals surface area contributed by atoms with Gasteiger partial charge < -0.3 is 4.74 Å². The van der Waals surface area contributed by atoms with Gasteiger partial charge in [-0.05, 0) is 45.2 Å². The van der Waals surface area contributed by atoms with E-state index in [0.29, 0.717) is 0 Å². The molecule has 0 saturated heterocycles. The van der Waals surface area contributed by atoms with E-state index in [9.17, 15) is 23.3 Å². The predicted molar refractivity (Wildman–Crippen MR) is 92.5 cm³/mol. The van der Waals surface area contributed by atoms with Crippen LogP contribution in [0, 0.1) is 16.0 Å². The van der Waals surface area contributed by atoms with Gasteiger partial charge >= 0.3 is 5.97 Å². The van der Waals surface area contributed by atoms with Gasteiger partial charge in [-0.15, -0.1) is 0 Å². The Morgan fingerprint density at radius 2 is 1.76 bits per heavy atom. The van der Waals surface area contributed by atoms with Gasteiger partial charge in [0.25, 0.3) is 5.69 Å². The van der Waals surface area contributed by atoms with Gasteiger partial charge in [0.2, 0.25) is 10.0 Å². The molecule has 0 radical (unpaired) electrons. The van der Waals surface area contributed by atoms with Gasteiger partial charge in [0, 0.05) is 12.1 Å². The van der Waals surface area contributed by atoms with Crippen molar-refractivity contribution in [3.63, 3.8) is 0 Å². The van der Waals surface area contributed by atoms with Crippen LogP contribution in [0.15, 0.2) is 29.2 Å². The van der Waals surface area contributed by atoms with Crippen molar-refractivity contribution in [1.82, 2.24) is 4.72 Å². The number of nitrogens with one attached hydrogen (secondary N) is 1. The van der Waals surface area contributed by atoms with Gasteiger partial charge in [-0.1, -0.05) is 13.8 Å². The molecule has 9 heteroatoms. The summed E-state index contributed by atoms with van der Waals surface area (Å²) in [5, 5.41) is 10.7. The smallest absolute Gasteiger partial charge is 0.324 e. The number of carbonyl (C=O) groups is 1. The molecule has 0 unspecified atom stereocenters. The Labute approximate surface area is 147 Å². The number of non-ortho nitro benzene ring substituents is 1. The van der Waals surface area contributed by atoms with Crippen molar-refractivity contribution in [2.75, 3.05) is 0 Å². The average molecular weight is 372 g/mol. The second-order valence-corrected chi connectivity index (χ2v) is 8.80. The number of benzene rings is 1. The van der Waals surface area contributed by atoms with Crippen LogP contribution in [0.2, 0.25) is 0 Å². The van der Waals surface area contributed by atoms with Crippen LogP contribution in [0.1, 0.15) is 41.0 Å². The van der Waals surface area contributed by atoms with Gasteiger partial charge in [0.1, 0.15) is 11.6 Å². The van der Waals surface area contributed by atoms with E-state index in [-0.39, 0.29) is 22.9 Å². The molecule has 1 aromatic carbocycles. The fourth-order valence-electron chi connectivity index (χ4n) is 2.04. The fraction of sp³-hybridized carbons (Fsp3) is 0.562. The van der Waals surface area contributed by atoms with Crippen LogP contribution in [0.5, 0.6) is 0 Å². The summed E-state index contributed by atoms with van der Waals surface area (Å²) in [6, 6.07) is 3.41. The zero-order valence-corrected chi connectivity index (χ0v) is 15.8. The number of rotatable bonds is 7. The van der Waals surface area contributed by atoms with E-state index < -0.39 is 32.6 Å². The number of ether oxygens (including phenoxy) is 1. The lowest BCUT2D eigenvalue weighted by atomic mass is 10.0. The molecule has 1 N–H and O–H groups in total. The zero-order valence-electron chi connectivity index (χ0n) is 15.0. The van der Waals surface area contributed by atoms with Crippen LogP contribution < -0.4 is 4.72 Å². The van der Waals surface area contributed by atoms with Gasteiger partial charge in [-0.3, -0.25) is 14.9 Å². The molecule has 0 aliphatic heterocycles. The number of esters is 1. The summed E-state index contributed by atoms with van der Waals surface area (Å²) >= 11 is 0. The van der Waals surface area contributed by atoms with Crippen molar-refractivity contribution in [3.8, 4) is 0 Å². The van der Waals surface area contributed by atoms with Crippen molar-refractivity contribution in [1.29, 1.82) is 0 Å². The molecule has 1 rings (SSSR count). The summed E-state index contributed by atoms with van der Waals surface area (Å²) in [6.45, 7) is 8.81. The first kappa shape index (κ1) is 21.0. The fourth-order valence-corrected chi connectivity index (χ4v) is 3.24. The minimum atomic E-state index is -4.02. The Balaban J connectivity index is 3.04. The first-order chi connectivity index (χ1) is 11.3. The van der Waals surface area contributed by atoms with Crippen molar-refractivity contribution >= 4 is 21.7 Å². The summed E-state index contributed by atoms with van der Waals surface area (Å²) in [5.74, 6) is -0.608. The van der Waals surface area contributed by atoms with E-state index >= 15 is 0 Å². The molecule has 8 nitrogen and oxygen atoms in total. The highest BCUT2D eigenvalue weighted by Crippen LogP contribution is 2.18. The number of nitro groups is 1. The third kappa shape index (κ3) is 6.79. The highest BCUT2D eigenvalue weighted by atomic mass is 32.2. The summed E-state index contributed by atoms with van der Waals surface area (Å²) < 4.78 is 32.6. The Bertz CT molecular complexity index is 720. The molecule has 1 aromatic rings. The first-order valence-corrected chi connectivity index (χ1v) is 9.30. The van der Waals surface area contributed by atoms with Crippen molar-refractivity contribution in [3.05, 3.63) is 34.4 Å². The van der Waals surface area contributed by atoms with Crippen LogP contribution in [0.3, 0.4) is 0 Å². The highest BCUT2D eigenvalue weighted by Gasteiger charge is 2.30. The third-order valence-corrected chi connectivity index (χ3v) is 4.54. The van der Waals surface area contributed by atoms with Crippen molar-refractivity contribution in [2.45, 2.75) is 57.6 Å². The van der Waals surface area contributed by atoms with Gasteiger partial charge in [-0.25, -0.2) is 8.42 Å². The SMILES string of the molecule is CC(C)C[C@H](NS(=O)(=O)c1ccc([N+](=O)[O-])cc1)C(=O)OC(C)(C)C. The summed E-state index contributed by atoms with van der Waals surface area (Å²) in [4.78, 5) is 22.2. The molecule has 0 spiro atoms. The third-order valence-electron chi connectivity index (χ3n) is 3.05. The number of sulfonamides is 1. The summed E-state index contributed by atoms with van der Waals surface area (Å²) in [5.41, 5.74) is -0.963. The van der Waals surface area contributed by atoms with E-state index in [2.05, 4.69) is 4.72 Å². The molecular weight excluding hydrogens is 348 g/mol. The Hall–Kier alpha value is -2.00. The normalized spacial score (nSPS) is 13.5. The molecule has 0 bridgehead atoms. The Kier molecular flexibility index (Phi) is 6.67. The standard InChI is InChI=1S/C16H24N2O6S/c1-11(2)10-14(15(19)24-16(3,4)5)17-25(22,23)13-8-6-12(7-9-13)18(20)21/h6-9,11,14,17H,10H2,1-5H3/t14-/m0/s1. The van der Waals surface area contributed by atoms with Gasteiger partial charge in [0.05, 0.1) is 9.82 Å². The van der Waals surface area contributed by atoms with Crippen molar-refractivity contribution in [2.24, 2.45) is 5.92 Å². The molecule has 0 amide bonds. The van der Waals surface area contributed by atoms with Crippen LogP contribution in [0.25, 0.3) is 0 Å². The van der Waals surface area contributed by atoms with Crippen LogP contribution >= 0.6 is 0 Å². The topological polar surface area (TPSA) is 116 Å². The first-order valence-electron chi connectivity index (χ1n) is 7.81. The second-order valence-electron chi connectivity index (χ2n) is 7.09. The lowest BCUT2D eigenvalue weighted by Gasteiger charge is -2.25. The molecule has 0 aliphatic carbocycles. The highest BCUT2D eigenvalue weighted by molar-refractivity contribution is 7.89. The van der Waals surface area contributed by atoms with E-state index in [1.165, 1.54) is 0 Å². The molecule has 0 saturated carbocycles. The minimum absolute atomic E-state index is 0.0529. The Morgan fingerprint density at radius 3 is 2.16 bits per heavy atom. The number of nitro benzene ring substituents is 1. The predicted octanol–water partition coefficient (Wildman–Crippen LogP) is 2.63. The second kappa shape index (κ2) is 7.92. The zero-order chi connectivity index (χ0) is 19.4. The van der Waals surface area contributed by atoms with E-state index in [4.69, 9.17) is 4.74 Å². The number of nitrogens with zero attached hydrogens (tertiary/aromatic N) is 1. The molecule has 140 valence electrons. The molecule has 0 aliphatic rings. The average Bonchev–Trinajstić information content (AvgIpc) is 2.44.